The predicted molar refractivity (Wildman–Crippen MR) is 106 cm³/mol. The topological polar surface area (TPSA) is 108 Å². The van der Waals surface area contributed by atoms with Crippen molar-refractivity contribution in [1.82, 2.24) is 9.97 Å². The quantitative estimate of drug-likeness (QED) is 0.808. The number of aromatic carboxylic acids is 1. The molecule has 0 aliphatic carbocycles. The molecule has 0 radical (unpaired) electrons. The van der Waals surface area contributed by atoms with Gasteiger partial charge in [0.05, 0.1) is 24.6 Å². The van der Waals surface area contributed by atoms with Gasteiger partial charge >= 0.3 is 5.97 Å². The summed E-state index contributed by atoms with van der Waals surface area (Å²) in [4.78, 5) is 36.1. The van der Waals surface area contributed by atoms with Gasteiger partial charge in [-0.2, -0.15) is 4.98 Å². The summed E-state index contributed by atoms with van der Waals surface area (Å²) in [7, 11) is 3.17. The Bertz CT molecular complexity index is 931. The van der Waals surface area contributed by atoms with E-state index in [-0.39, 0.29) is 23.6 Å². The highest BCUT2D eigenvalue weighted by molar-refractivity contribution is 6.04. The Morgan fingerprint density at radius 3 is 2.68 bits per heavy atom. The van der Waals surface area contributed by atoms with Crippen molar-refractivity contribution in [2.24, 2.45) is 0 Å². The maximum absolute atomic E-state index is 12.5. The van der Waals surface area contributed by atoms with E-state index in [1.807, 2.05) is 25.7 Å². The minimum atomic E-state index is -1.04. The molecule has 9 heteroatoms. The van der Waals surface area contributed by atoms with Crippen LogP contribution in [0.4, 0.5) is 23.1 Å². The lowest BCUT2D eigenvalue weighted by molar-refractivity contribution is -0.119. The number of fused-ring (bicyclic) bond motifs is 1. The van der Waals surface area contributed by atoms with Crippen LogP contribution in [0.3, 0.4) is 0 Å². The monoisotopic (exact) mass is 385 g/mol. The van der Waals surface area contributed by atoms with Gasteiger partial charge < -0.3 is 25.0 Å². The highest BCUT2D eigenvalue weighted by atomic mass is 16.5. The number of methoxy groups -OCH3 is 1. The molecule has 0 saturated heterocycles. The van der Waals surface area contributed by atoms with Crippen molar-refractivity contribution in [3.63, 3.8) is 0 Å². The average Bonchev–Trinajstić information content (AvgIpc) is 2.66. The van der Waals surface area contributed by atoms with Gasteiger partial charge in [0.15, 0.2) is 5.82 Å². The van der Waals surface area contributed by atoms with E-state index < -0.39 is 5.97 Å². The smallest absolute Gasteiger partial charge is 0.335 e. The maximum Gasteiger partial charge on any atom is 0.335 e. The molecule has 2 heterocycles. The molecule has 0 saturated carbocycles. The Hall–Kier alpha value is -3.36. The summed E-state index contributed by atoms with van der Waals surface area (Å²) in [6.45, 7) is 5.86. The normalized spacial score (nSPS) is 16.2. The summed E-state index contributed by atoms with van der Waals surface area (Å²) in [5.74, 6) is 0.284. The molecule has 28 heavy (non-hydrogen) atoms. The first-order valence-electron chi connectivity index (χ1n) is 8.86. The van der Waals surface area contributed by atoms with Crippen LogP contribution in [-0.4, -0.2) is 53.2 Å². The molecule has 3 rings (SSSR count). The molecular formula is C19H23N5O4. The van der Waals surface area contributed by atoms with E-state index in [1.165, 1.54) is 19.2 Å². The van der Waals surface area contributed by atoms with E-state index in [2.05, 4.69) is 15.3 Å². The molecule has 1 amide bonds. The number of hydrogen-bond donors (Lipinski definition) is 2. The van der Waals surface area contributed by atoms with Crippen LogP contribution in [0.15, 0.2) is 24.4 Å². The van der Waals surface area contributed by atoms with Crippen molar-refractivity contribution in [1.29, 1.82) is 0 Å². The van der Waals surface area contributed by atoms with Crippen LogP contribution < -0.4 is 19.9 Å². The molecule has 9 nitrogen and oxygen atoms in total. The number of anilines is 4. The molecule has 1 atom stereocenters. The molecule has 2 aromatic rings. The zero-order valence-corrected chi connectivity index (χ0v) is 16.4. The molecule has 1 aromatic carbocycles. The van der Waals surface area contributed by atoms with Crippen LogP contribution in [0.25, 0.3) is 0 Å². The lowest BCUT2D eigenvalue weighted by atomic mass is 10.1. The van der Waals surface area contributed by atoms with Gasteiger partial charge in [-0.15, -0.1) is 0 Å². The first-order valence-corrected chi connectivity index (χ1v) is 8.86. The largest absolute Gasteiger partial charge is 0.495 e. The molecule has 1 aliphatic heterocycles. The number of carbonyl (C=O) groups excluding carboxylic acids is 1. The minimum absolute atomic E-state index is 0.0172. The van der Waals surface area contributed by atoms with Crippen LogP contribution in [0, 0.1) is 0 Å². The molecule has 1 aliphatic rings. The molecule has 0 unspecified atom stereocenters. The van der Waals surface area contributed by atoms with Crippen molar-refractivity contribution < 1.29 is 19.4 Å². The second-order valence-electron chi connectivity index (χ2n) is 6.82. The van der Waals surface area contributed by atoms with Crippen molar-refractivity contribution in [3.05, 3.63) is 30.0 Å². The number of hydrogen-bond acceptors (Lipinski definition) is 7. The molecule has 0 bridgehead atoms. The highest BCUT2D eigenvalue weighted by Gasteiger charge is 2.36. The Labute approximate surface area is 163 Å². The van der Waals surface area contributed by atoms with E-state index in [4.69, 9.17) is 9.84 Å². The molecule has 0 spiro atoms. The summed E-state index contributed by atoms with van der Waals surface area (Å²) in [6, 6.07) is 4.23. The fourth-order valence-electron chi connectivity index (χ4n) is 3.29. The number of likely N-dealkylation sites (N-methyl/N-ethyl adjacent to an activating group) is 1. The zero-order chi connectivity index (χ0) is 20.6. The first-order chi connectivity index (χ1) is 13.2. The summed E-state index contributed by atoms with van der Waals surface area (Å²) in [5.41, 5.74) is 1.29. The third-order valence-electron chi connectivity index (χ3n) is 4.71. The predicted octanol–water partition coefficient (Wildman–Crippen LogP) is 2.51. The third-order valence-corrected chi connectivity index (χ3v) is 4.71. The Morgan fingerprint density at radius 1 is 1.36 bits per heavy atom. The summed E-state index contributed by atoms with van der Waals surface area (Å²) >= 11 is 0. The number of nitrogens with one attached hydrogen (secondary N) is 1. The van der Waals surface area contributed by atoms with E-state index in [0.717, 1.165) is 0 Å². The van der Waals surface area contributed by atoms with Crippen LogP contribution in [0.2, 0.25) is 0 Å². The van der Waals surface area contributed by atoms with E-state index in [9.17, 15) is 9.59 Å². The fourth-order valence-corrected chi connectivity index (χ4v) is 3.29. The second kappa shape index (κ2) is 7.34. The van der Waals surface area contributed by atoms with Gasteiger partial charge in [-0.3, -0.25) is 4.79 Å². The van der Waals surface area contributed by atoms with Crippen molar-refractivity contribution >= 4 is 35.0 Å². The van der Waals surface area contributed by atoms with Gasteiger partial charge in [-0.1, -0.05) is 0 Å². The van der Waals surface area contributed by atoms with E-state index in [0.29, 0.717) is 28.9 Å². The molecule has 148 valence electrons. The lowest BCUT2D eigenvalue weighted by Crippen LogP contribution is -2.53. The number of carboxylic acid groups (broad SMARTS) is 1. The number of ether oxygens (including phenoxy) is 1. The van der Waals surface area contributed by atoms with Crippen LogP contribution in [0.1, 0.15) is 31.1 Å². The Morgan fingerprint density at radius 2 is 2.07 bits per heavy atom. The van der Waals surface area contributed by atoms with Crippen molar-refractivity contribution in [3.8, 4) is 5.75 Å². The number of aromatic nitrogens is 2. The van der Waals surface area contributed by atoms with Crippen LogP contribution >= 0.6 is 0 Å². The molecule has 1 aromatic heterocycles. The summed E-state index contributed by atoms with van der Waals surface area (Å²) in [6.07, 6.45) is 1.60. The number of amides is 1. The van der Waals surface area contributed by atoms with Gasteiger partial charge in [-0.05, 0) is 39.0 Å². The van der Waals surface area contributed by atoms with Crippen LogP contribution in [-0.2, 0) is 4.79 Å². The van der Waals surface area contributed by atoms with Gasteiger partial charge in [0.25, 0.3) is 0 Å². The van der Waals surface area contributed by atoms with Crippen molar-refractivity contribution in [2.45, 2.75) is 32.9 Å². The lowest BCUT2D eigenvalue weighted by Gasteiger charge is -2.41. The molecular weight excluding hydrogens is 362 g/mol. The van der Waals surface area contributed by atoms with Crippen molar-refractivity contribution in [2.75, 3.05) is 29.3 Å². The van der Waals surface area contributed by atoms with Gasteiger partial charge in [0.2, 0.25) is 11.9 Å². The van der Waals surface area contributed by atoms with Crippen LogP contribution in [0.5, 0.6) is 5.75 Å². The third kappa shape index (κ3) is 3.30. The number of rotatable bonds is 5. The number of carboxylic acids is 1. The van der Waals surface area contributed by atoms with Gasteiger partial charge in [0, 0.05) is 13.1 Å². The summed E-state index contributed by atoms with van der Waals surface area (Å²) in [5, 5.41) is 12.2. The average molecular weight is 385 g/mol. The van der Waals surface area contributed by atoms with E-state index in [1.54, 1.807) is 24.2 Å². The Kier molecular flexibility index (Phi) is 5.08. The van der Waals surface area contributed by atoms with Gasteiger partial charge in [0.1, 0.15) is 17.5 Å². The Balaban J connectivity index is 2.00. The number of nitrogens with zero attached hydrogens (tertiary/aromatic N) is 4. The highest BCUT2D eigenvalue weighted by Crippen LogP contribution is 2.36. The standard InChI is InChI=1S/C19H23N5O4/c1-10(2)24-11(3)17(25)23(4)14-9-20-19(22-16(14)24)21-13-7-6-12(18(26)27)8-15(13)28-5/h6-11H,1-5H3,(H,26,27)(H,20,21,22)/t11-/m1/s1. The van der Waals surface area contributed by atoms with E-state index >= 15 is 0 Å². The fraction of sp³-hybridized carbons (Fsp3) is 0.368. The zero-order valence-electron chi connectivity index (χ0n) is 16.4. The maximum atomic E-state index is 12.5. The number of carbonyl (C=O) groups is 2. The first kappa shape index (κ1) is 19.4. The number of benzene rings is 1. The SMILES string of the molecule is COc1cc(C(=O)O)ccc1Nc1ncc2c(n1)N(C(C)C)[C@H](C)C(=O)N2C. The molecule has 0 fully saturated rings. The molecule has 2 N–H and O–H groups in total. The minimum Gasteiger partial charge on any atom is -0.495 e. The summed E-state index contributed by atoms with van der Waals surface area (Å²) < 4.78 is 5.28. The second-order valence-corrected chi connectivity index (χ2v) is 6.82. The van der Waals surface area contributed by atoms with Gasteiger partial charge in [-0.25, -0.2) is 9.78 Å².